The molecule has 1 rings (SSSR count). The summed E-state index contributed by atoms with van der Waals surface area (Å²) < 4.78 is 1.16. The summed E-state index contributed by atoms with van der Waals surface area (Å²) in [6, 6.07) is 8.28. The normalized spacial score (nSPS) is 12.3. The Morgan fingerprint density at radius 2 is 1.93 bits per heavy atom. The summed E-state index contributed by atoms with van der Waals surface area (Å²) in [7, 11) is 0. The highest BCUT2D eigenvalue weighted by atomic mass is 79.9. The summed E-state index contributed by atoms with van der Waals surface area (Å²) in [5, 5.41) is 0. The van der Waals surface area contributed by atoms with E-state index < -0.39 is 0 Å². The van der Waals surface area contributed by atoms with Gasteiger partial charge in [0, 0.05) is 4.47 Å². The topological polar surface area (TPSA) is 0 Å². The molecule has 0 saturated heterocycles. The van der Waals surface area contributed by atoms with Crippen LogP contribution in [0.25, 0.3) is 6.08 Å². The molecular formula is C13H17Br. The van der Waals surface area contributed by atoms with E-state index in [2.05, 4.69) is 67.1 Å². The van der Waals surface area contributed by atoms with Crippen molar-refractivity contribution in [1.82, 2.24) is 0 Å². The number of hydrogen-bond acceptors (Lipinski definition) is 0. The summed E-state index contributed by atoms with van der Waals surface area (Å²) in [6.45, 7) is 6.71. The number of allylic oxidation sites excluding steroid dienone is 1. The Bertz CT molecular complexity index is 324. The second kappa shape index (κ2) is 4.79. The molecule has 1 heteroatoms. The van der Waals surface area contributed by atoms with Crippen LogP contribution in [0.4, 0.5) is 0 Å². The van der Waals surface area contributed by atoms with Crippen LogP contribution in [-0.4, -0.2) is 0 Å². The maximum Gasteiger partial charge on any atom is 0.0247 e. The first kappa shape index (κ1) is 11.5. The molecule has 0 saturated carbocycles. The van der Waals surface area contributed by atoms with Crippen LogP contribution in [0.1, 0.15) is 32.8 Å². The minimum Gasteiger partial charge on any atom is -0.0782 e. The van der Waals surface area contributed by atoms with Crippen LogP contribution in [0, 0.1) is 5.41 Å². The van der Waals surface area contributed by atoms with E-state index in [1.54, 1.807) is 0 Å². The Kier molecular flexibility index (Phi) is 3.94. The van der Waals surface area contributed by atoms with Gasteiger partial charge in [0.2, 0.25) is 0 Å². The van der Waals surface area contributed by atoms with E-state index in [9.17, 15) is 0 Å². The third kappa shape index (κ3) is 3.30. The summed E-state index contributed by atoms with van der Waals surface area (Å²) in [4.78, 5) is 0. The summed E-state index contributed by atoms with van der Waals surface area (Å²) in [5.41, 5.74) is 1.53. The molecule has 0 atom stereocenters. The fourth-order valence-corrected chi connectivity index (χ4v) is 1.46. The van der Waals surface area contributed by atoms with Crippen molar-refractivity contribution in [3.05, 3.63) is 40.4 Å². The maximum atomic E-state index is 3.53. The minimum atomic E-state index is 0.287. The van der Waals surface area contributed by atoms with Gasteiger partial charge in [-0.25, -0.2) is 0 Å². The summed E-state index contributed by atoms with van der Waals surface area (Å²) in [6.07, 6.45) is 5.62. The van der Waals surface area contributed by atoms with Crippen molar-refractivity contribution < 1.29 is 0 Å². The molecule has 0 amide bonds. The predicted molar refractivity (Wildman–Crippen MR) is 67.2 cm³/mol. The van der Waals surface area contributed by atoms with Crippen molar-refractivity contribution in [2.24, 2.45) is 5.41 Å². The van der Waals surface area contributed by atoms with Crippen LogP contribution in [0.15, 0.2) is 34.8 Å². The van der Waals surface area contributed by atoms with E-state index in [0.717, 1.165) is 10.9 Å². The molecule has 14 heavy (non-hydrogen) atoms. The second-order valence-corrected chi connectivity index (χ2v) is 5.05. The Labute approximate surface area is 95.2 Å². The van der Waals surface area contributed by atoms with Gasteiger partial charge in [-0.2, -0.15) is 0 Å². The van der Waals surface area contributed by atoms with E-state index in [0.29, 0.717) is 0 Å². The molecule has 0 radical (unpaired) electrons. The van der Waals surface area contributed by atoms with Crippen LogP contribution >= 0.6 is 15.9 Å². The molecule has 0 aromatic heterocycles. The molecule has 0 aliphatic rings. The zero-order chi connectivity index (χ0) is 10.6. The van der Waals surface area contributed by atoms with Crippen LogP contribution in [0.2, 0.25) is 0 Å². The highest BCUT2D eigenvalue weighted by molar-refractivity contribution is 9.10. The van der Waals surface area contributed by atoms with Gasteiger partial charge in [-0.05, 0) is 23.5 Å². The third-order valence-corrected chi connectivity index (χ3v) is 3.25. The zero-order valence-electron chi connectivity index (χ0n) is 9.05. The molecule has 0 heterocycles. The van der Waals surface area contributed by atoms with E-state index in [1.807, 2.05) is 6.07 Å². The van der Waals surface area contributed by atoms with E-state index in [-0.39, 0.29) is 5.41 Å². The lowest BCUT2D eigenvalue weighted by Crippen LogP contribution is -2.03. The largest absolute Gasteiger partial charge is 0.0782 e. The molecular weight excluding hydrogens is 236 g/mol. The zero-order valence-corrected chi connectivity index (χ0v) is 10.6. The van der Waals surface area contributed by atoms with Crippen LogP contribution in [0.3, 0.4) is 0 Å². The number of rotatable bonds is 3. The second-order valence-electron chi connectivity index (χ2n) is 4.20. The highest BCUT2D eigenvalue weighted by Gasteiger charge is 2.09. The van der Waals surface area contributed by atoms with E-state index >= 15 is 0 Å². The predicted octanol–water partition coefficient (Wildman–Crippen LogP) is 4.90. The SMILES string of the molecule is CCC(C)(C)/C=C/c1ccccc1Br. The number of halogens is 1. The van der Waals surface area contributed by atoms with E-state index in [4.69, 9.17) is 0 Å². The fourth-order valence-electron chi connectivity index (χ4n) is 1.04. The van der Waals surface area contributed by atoms with Gasteiger partial charge < -0.3 is 0 Å². The molecule has 0 fully saturated rings. The fraction of sp³-hybridized carbons (Fsp3) is 0.385. The lowest BCUT2D eigenvalue weighted by Gasteiger charge is -2.16. The van der Waals surface area contributed by atoms with Crippen LogP contribution < -0.4 is 0 Å². The van der Waals surface area contributed by atoms with Gasteiger partial charge in [-0.3, -0.25) is 0 Å². The molecule has 76 valence electrons. The summed E-state index contributed by atoms with van der Waals surface area (Å²) in [5.74, 6) is 0. The standard InChI is InChI=1S/C13H17Br/c1-4-13(2,3)10-9-11-7-5-6-8-12(11)14/h5-10H,4H2,1-3H3/b10-9+. The van der Waals surface area contributed by atoms with Crippen molar-refractivity contribution >= 4 is 22.0 Å². The van der Waals surface area contributed by atoms with Gasteiger partial charge in [0.1, 0.15) is 0 Å². The lowest BCUT2D eigenvalue weighted by atomic mass is 9.89. The number of hydrogen-bond donors (Lipinski definition) is 0. The first-order valence-electron chi connectivity index (χ1n) is 4.99. The first-order valence-corrected chi connectivity index (χ1v) is 5.78. The molecule has 0 aliphatic carbocycles. The monoisotopic (exact) mass is 252 g/mol. The Hall–Kier alpha value is -0.560. The average Bonchev–Trinajstić information content (AvgIpc) is 2.17. The van der Waals surface area contributed by atoms with Crippen molar-refractivity contribution in [3.8, 4) is 0 Å². The molecule has 1 aromatic rings. The Morgan fingerprint density at radius 1 is 1.29 bits per heavy atom. The molecule has 0 aliphatic heterocycles. The molecule has 0 unspecified atom stereocenters. The van der Waals surface area contributed by atoms with Gasteiger partial charge in [-0.15, -0.1) is 0 Å². The van der Waals surface area contributed by atoms with E-state index in [1.165, 1.54) is 5.56 Å². The van der Waals surface area contributed by atoms with Crippen molar-refractivity contribution in [2.75, 3.05) is 0 Å². The van der Waals surface area contributed by atoms with Gasteiger partial charge in [0.05, 0.1) is 0 Å². The highest BCUT2D eigenvalue weighted by Crippen LogP contribution is 2.24. The first-order chi connectivity index (χ1) is 6.55. The smallest absolute Gasteiger partial charge is 0.0247 e. The molecule has 0 N–H and O–H groups in total. The van der Waals surface area contributed by atoms with Crippen LogP contribution in [-0.2, 0) is 0 Å². The Balaban J connectivity index is 2.84. The molecule has 0 spiro atoms. The lowest BCUT2D eigenvalue weighted by molar-refractivity contribution is 0.464. The average molecular weight is 253 g/mol. The molecule has 0 nitrogen and oxygen atoms in total. The third-order valence-electron chi connectivity index (χ3n) is 2.53. The molecule has 0 bridgehead atoms. The summed E-state index contributed by atoms with van der Waals surface area (Å²) >= 11 is 3.53. The van der Waals surface area contributed by atoms with Crippen LogP contribution in [0.5, 0.6) is 0 Å². The number of benzene rings is 1. The minimum absolute atomic E-state index is 0.287. The van der Waals surface area contributed by atoms with Crippen molar-refractivity contribution in [3.63, 3.8) is 0 Å². The quantitative estimate of drug-likeness (QED) is 0.718. The van der Waals surface area contributed by atoms with Gasteiger partial charge in [0.15, 0.2) is 0 Å². The Morgan fingerprint density at radius 3 is 2.50 bits per heavy atom. The molecule has 1 aromatic carbocycles. The van der Waals surface area contributed by atoms with Crippen molar-refractivity contribution in [1.29, 1.82) is 0 Å². The maximum absolute atomic E-state index is 3.53. The van der Waals surface area contributed by atoms with Gasteiger partial charge in [0.25, 0.3) is 0 Å². The van der Waals surface area contributed by atoms with Gasteiger partial charge in [-0.1, -0.05) is 67.1 Å². The van der Waals surface area contributed by atoms with Crippen molar-refractivity contribution in [2.45, 2.75) is 27.2 Å². The van der Waals surface area contributed by atoms with Gasteiger partial charge >= 0.3 is 0 Å².